The Kier molecular flexibility index (Phi) is 5.71. The number of thiazole rings is 1. The normalized spacial score (nSPS) is 11.7. The van der Waals surface area contributed by atoms with Gasteiger partial charge in [-0.2, -0.15) is 13.2 Å². The Morgan fingerprint density at radius 1 is 1.11 bits per heavy atom. The van der Waals surface area contributed by atoms with E-state index >= 15 is 0 Å². The number of nitrogens with zero attached hydrogens (tertiary/aromatic N) is 1. The first kappa shape index (κ1) is 18.8. The maximum absolute atomic E-state index is 12.7. The SMILES string of the molecule is O=C(/C=C/c1cccc(C(F)(F)F)c1)Nc1ncc(Cc2ccccc2)s1. The number of alkyl halides is 3. The predicted octanol–water partition coefficient (Wildman–Crippen LogP) is 5.40. The second-order valence-corrected chi connectivity index (χ2v) is 6.86. The summed E-state index contributed by atoms with van der Waals surface area (Å²) in [5.41, 5.74) is 0.683. The van der Waals surface area contributed by atoms with Crippen LogP contribution in [0.5, 0.6) is 0 Å². The van der Waals surface area contributed by atoms with Crippen molar-refractivity contribution in [2.45, 2.75) is 12.6 Å². The number of anilines is 1. The molecular weight excluding hydrogens is 373 g/mol. The Bertz CT molecular complexity index is 949. The number of hydrogen-bond donors (Lipinski definition) is 1. The molecule has 0 saturated heterocycles. The van der Waals surface area contributed by atoms with E-state index < -0.39 is 17.6 Å². The van der Waals surface area contributed by atoms with Gasteiger partial charge in [-0.25, -0.2) is 4.98 Å². The molecule has 0 aliphatic carbocycles. The highest BCUT2D eigenvalue weighted by Gasteiger charge is 2.30. The van der Waals surface area contributed by atoms with E-state index in [1.165, 1.54) is 35.6 Å². The van der Waals surface area contributed by atoms with Gasteiger partial charge in [0.2, 0.25) is 5.91 Å². The lowest BCUT2D eigenvalue weighted by atomic mass is 10.1. The van der Waals surface area contributed by atoms with E-state index in [0.717, 1.165) is 22.6 Å². The van der Waals surface area contributed by atoms with Crippen molar-refractivity contribution in [3.63, 3.8) is 0 Å². The molecule has 0 radical (unpaired) electrons. The van der Waals surface area contributed by atoms with Gasteiger partial charge >= 0.3 is 6.18 Å². The average Bonchev–Trinajstić information content (AvgIpc) is 3.07. The summed E-state index contributed by atoms with van der Waals surface area (Å²) in [4.78, 5) is 17.1. The van der Waals surface area contributed by atoms with Gasteiger partial charge in [-0.05, 0) is 29.3 Å². The number of aromatic nitrogens is 1. The molecule has 138 valence electrons. The minimum Gasteiger partial charge on any atom is -0.298 e. The number of carbonyl (C=O) groups excluding carboxylic acids is 1. The van der Waals surface area contributed by atoms with Gasteiger partial charge in [-0.15, -0.1) is 11.3 Å². The fourth-order valence-corrected chi connectivity index (χ4v) is 3.23. The molecule has 0 aliphatic rings. The van der Waals surface area contributed by atoms with Gasteiger partial charge in [0, 0.05) is 23.6 Å². The molecule has 0 unspecified atom stereocenters. The molecule has 0 bridgehead atoms. The molecule has 0 fully saturated rings. The minimum absolute atomic E-state index is 0.295. The molecule has 2 aromatic carbocycles. The van der Waals surface area contributed by atoms with Crippen LogP contribution in [0.3, 0.4) is 0 Å². The summed E-state index contributed by atoms with van der Waals surface area (Å²) in [6.45, 7) is 0. The maximum atomic E-state index is 12.7. The van der Waals surface area contributed by atoms with Crippen molar-refractivity contribution in [2.24, 2.45) is 0 Å². The van der Waals surface area contributed by atoms with Crippen LogP contribution in [0.4, 0.5) is 18.3 Å². The van der Waals surface area contributed by atoms with Gasteiger partial charge in [0.25, 0.3) is 0 Å². The fraction of sp³-hybridized carbons (Fsp3) is 0.100. The summed E-state index contributed by atoms with van der Waals surface area (Å²) < 4.78 is 38.1. The van der Waals surface area contributed by atoms with Crippen LogP contribution in [-0.4, -0.2) is 10.9 Å². The van der Waals surface area contributed by atoms with Gasteiger partial charge in [0.15, 0.2) is 5.13 Å². The summed E-state index contributed by atoms with van der Waals surface area (Å²) in [5.74, 6) is -0.451. The van der Waals surface area contributed by atoms with Gasteiger partial charge in [-0.1, -0.05) is 42.5 Å². The third-order valence-electron chi connectivity index (χ3n) is 3.65. The van der Waals surface area contributed by atoms with E-state index in [1.807, 2.05) is 30.3 Å². The zero-order valence-corrected chi connectivity index (χ0v) is 14.8. The van der Waals surface area contributed by atoms with Crippen molar-refractivity contribution in [1.29, 1.82) is 0 Å². The molecule has 3 nitrogen and oxygen atoms in total. The molecule has 3 aromatic rings. The Morgan fingerprint density at radius 2 is 1.89 bits per heavy atom. The summed E-state index contributed by atoms with van der Waals surface area (Å²) in [6.07, 6.45) is 0.525. The number of rotatable bonds is 5. The topological polar surface area (TPSA) is 42.0 Å². The number of nitrogens with one attached hydrogen (secondary N) is 1. The lowest BCUT2D eigenvalue weighted by Gasteiger charge is -2.06. The number of benzene rings is 2. The van der Waals surface area contributed by atoms with Crippen molar-refractivity contribution in [3.05, 3.63) is 88.4 Å². The first-order valence-electron chi connectivity index (χ1n) is 8.05. The van der Waals surface area contributed by atoms with E-state index in [4.69, 9.17) is 0 Å². The van der Waals surface area contributed by atoms with Gasteiger partial charge in [-0.3, -0.25) is 10.1 Å². The quantitative estimate of drug-likeness (QED) is 0.594. The maximum Gasteiger partial charge on any atom is 0.416 e. The summed E-state index contributed by atoms with van der Waals surface area (Å²) in [6, 6.07) is 14.7. The Labute approximate surface area is 158 Å². The molecule has 0 atom stereocenters. The zero-order chi connectivity index (χ0) is 19.3. The van der Waals surface area contributed by atoms with Crippen LogP contribution in [0.1, 0.15) is 21.6 Å². The lowest BCUT2D eigenvalue weighted by molar-refractivity contribution is -0.137. The van der Waals surface area contributed by atoms with Crippen molar-refractivity contribution < 1.29 is 18.0 Å². The predicted molar refractivity (Wildman–Crippen MR) is 100 cm³/mol. The van der Waals surface area contributed by atoms with Crippen LogP contribution in [0.25, 0.3) is 6.08 Å². The van der Waals surface area contributed by atoms with E-state index in [1.54, 1.807) is 6.20 Å². The molecule has 1 amide bonds. The van der Waals surface area contributed by atoms with Crippen LogP contribution in [0.15, 0.2) is 66.9 Å². The molecule has 3 rings (SSSR count). The second kappa shape index (κ2) is 8.18. The second-order valence-electron chi connectivity index (χ2n) is 5.74. The number of amides is 1. The number of halogens is 3. The first-order chi connectivity index (χ1) is 12.9. The van der Waals surface area contributed by atoms with Crippen LogP contribution in [0.2, 0.25) is 0 Å². The van der Waals surface area contributed by atoms with Crippen LogP contribution in [0, 0.1) is 0 Å². The van der Waals surface area contributed by atoms with Crippen molar-refractivity contribution >= 4 is 28.5 Å². The molecule has 0 spiro atoms. The van der Waals surface area contributed by atoms with Crippen LogP contribution in [-0.2, 0) is 17.4 Å². The van der Waals surface area contributed by atoms with Crippen LogP contribution < -0.4 is 5.32 Å². The lowest BCUT2D eigenvalue weighted by Crippen LogP contribution is -2.07. The van der Waals surface area contributed by atoms with Gasteiger partial charge in [0.05, 0.1) is 5.56 Å². The summed E-state index contributed by atoms with van der Waals surface area (Å²) in [7, 11) is 0. The fourth-order valence-electron chi connectivity index (χ4n) is 2.38. The van der Waals surface area contributed by atoms with E-state index in [-0.39, 0.29) is 0 Å². The molecule has 27 heavy (non-hydrogen) atoms. The standard InChI is InChI=1S/C20H15F3N2OS/c21-20(22,23)16-8-4-7-15(11-16)9-10-18(26)25-19-24-13-17(27-19)12-14-5-2-1-3-6-14/h1-11,13H,12H2,(H,24,25,26)/b10-9+. The van der Waals surface area contributed by atoms with Crippen molar-refractivity contribution in [2.75, 3.05) is 5.32 Å². The third-order valence-corrected chi connectivity index (χ3v) is 4.56. The van der Waals surface area contributed by atoms with Crippen molar-refractivity contribution in [3.8, 4) is 0 Å². The summed E-state index contributed by atoms with van der Waals surface area (Å²) in [5, 5.41) is 3.07. The average molecular weight is 388 g/mol. The smallest absolute Gasteiger partial charge is 0.298 e. The molecule has 0 saturated carbocycles. The van der Waals surface area contributed by atoms with E-state index in [9.17, 15) is 18.0 Å². The minimum atomic E-state index is -4.41. The molecular formula is C20H15F3N2OS. The highest BCUT2D eigenvalue weighted by Crippen LogP contribution is 2.29. The Hall–Kier alpha value is -2.93. The van der Waals surface area contributed by atoms with Crippen LogP contribution >= 0.6 is 11.3 Å². The van der Waals surface area contributed by atoms with E-state index in [0.29, 0.717) is 17.1 Å². The monoisotopic (exact) mass is 388 g/mol. The highest BCUT2D eigenvalue weighted by atomic mass is 32.1. The molecule has 1 N–H and O–H groups in total. The highest BCUT2D eigenvalue weighted by molar-refractivity contribution is 7.15. The van der Waals surface area contributed by atoms with E-state index in [2.05, 4.69) is 10.3 Å². The number of carbonyl (C=O) groups is 1. The third kappa shape index (κ3) is 5.52. The summed E-state index contributed by atoms with van der Waals surface area (Å²) >= 11 is 1.36. The molecule has 7 heteroatoms. The van der Waals surface area contributed by atoms with Gasteiger partial charge < -0.3 is 0 Å². The molecule has 0 aliphatic heterocycles. The van der Waals surface area contributed by atoms with Crippen molar-refractivity contribution in [1.82, 2.24) is 4.98 Å². The Morgan fingerprint density at radius 3 is 2.63 bits per heavy atom. The number of hydrogen-bond acceptors (Lipinski definition) is 3. The first-order valence-corrected chi connectivity index (χ1v) is 8.87. The Balaban J connectivity index is 1.60. The largest absolute Gasteiger partial charge is 0.416 e. The molecule has 1 aromatic heterocycles. The molecule has 1 heterocycles. The zero-order valence-electron chi connectivity index (χ0n) is 14.0. The van der Waals surface area contributed by atoms with Gasteiger partial charge in [0.1, 0.15) is 0 Å².